The van der Waals surface area contributed by atoms with Crippen molar-refractivity contribution < 1.29 is 9.90 Å². The normalized spacial score (nSPS) is 18.5. The molecule has 17 heavy (non-hydrogen) atoms. The molecule has 2 heterocycles. The lowest BCUT2D eigenvalue weighted by Crippen LogP contribution is -2.44. The second-order valence-corrected chi connectivity index (χ2v) is 4.52. The summed E-state index contributed by atoms with van der Waals surface area (Å²) in [5.41, 5.74) is 0.951. The van der Waals surface area contributed by atoms with Crippen LogP contribution in [-0.4, -0.2) is 63.7 Å². The molecule has 6 heteroatoms. The second kappa shape index (κ2) is 4.85. The fourth-order valence-corrected chi connectivity index (χ4v) is 2.03. The molecule has 0 aromatic carbocycles. The molecule has 0 saturated carbocycles. The Labute approximate surface area is 100 Å². The first-order valence-electron chi connectivity index (χ1n) is 5.72. The van der Waals surface area contributed by atoms with E-state index in [0.717, 1.165) is 38.4 Å². The van der Waals surface area contributed by atoms with Crippen molar-refractivity contribution in [1.82, 2.24) is 19.4 Å². The highest BCUT2D eigenvalue weighted by atomic mass is 16.4. The molecule has 0 unspecified atom stereocenters. The number of carbonyl (C=O) groups is 1. The molecule has 1 fully saturated rings. The molecule has 1 aromatic rings. The molecule has 1 saturated heterocycles. The quantitative estimate of drug-likeness (QED) is 0.794. The van der Waals surface area contributed by atoms with E-state index in [1.165, 1.54) is 0 Å². The van der Waals surface area contributed by atoms with Gasteiger partial charge in [0.15, 0.2) is 0 Å². The second-order valence-electron chi connectivity index (χ2n) is 4.52. The van der Waals surface area contributed by atoms with Crippen LogP contribution in [0.15, 0.2) is 6.20 Å². The number of likely N-dealkylation sites (N-methyl/N-ethyl adjacent to an activating group) is 1. The Morgan fingerprint density at radius 2 is 2.00 bits per heavy atom. The van der Waals surface area contributed by atoms with Crippen LogP contribution in [0.3, 0.4) is 0 Å². The third kappa shape index (κ3) is 2.65. The molecule has 1 N–H and O–H groups in total. The maximum atomic E-state index is 10.9. The minimum absolute atomic E-state index is 0.106. The first-order valence-corrected chi connectivity index (χ1v) is 5.72. The summed E-state index contributed by atoms with van der Waals surface area (Å²) >= 11 is 0. The molecule has 0 amide bonds. The van der Waals surface area contributed by atoms with Gasteiger partial charge in [0.2, 0.25) is 5.82 Å². The third-order valence-corrected chi connectivity index (χ3v) is 3.26. The average molecular weight is 238 g/mol. The molecular weight excluding hydrogens is 220 g/mol. The van der Waals surface area contributed by atoms with Gasteiger partial charge in [0.1, 0.15) is 0 Å². The molecule has 0 spiro atoms. The molecule has 0 bridgehead atoms. The number of aromatic nitrogens is 2. The number of carboxylic acid groups (broad SMARTS) is 1. The lowest BCUT2D eigenvalue weighted by atomic mass is 10.3. The van der Waals surface area contributed by atoms with E-state index in [1.807, 2.05) is 0 Å². The van der Waals surface area contributed by atoms with E-state index < -0.39 is 5.97 Å². The number of imidazole rings is 1. The predicted molar refractivity (Wildman–Crippen MR) is 62.9 cm³/mol. The van der Waals surface area contributed by atoms with Crippen LogP contribution in [0.25, 0.3) is 0 Å². The topological polar surface area (TPSA) is 61.6 Å². The molecule has 0 atom stereocenters. The molecule has 6 nitrogen and oxygen atoms in total. The summed E-state index contributed by atoms with van der Waals surface area (Å²) in [6, 6.07) is 0. The number of rotatable bonds is 3. The van der Waals surface area contributed by atoms with E-state index in [0.29, 0.717) is 0 Å². The van der Waals surface area contributed by atoms with Crippen molar-refractivity contribution in [2.45, 2.75) is 6.54 Å². The Morgan fingerprint density at radius 1 is 1.35 bits per heavy atom. The fraction of sp³-hybridized carbons (Fsp3) is 0.636. The number of aromatic carboxylic acids is 1. The van der Waals surface area contributed by atoms with Crippen molar-refractivity contribution >= 4 is 5.97 Å². The Hall–Kier alpha value is -1.40. The van der Waals surface area contributed by atoms with Crippen molar-refractivity contribution in [3.8, 4) is 0 Å². The van der Waals surface area contributed by atoms with E-state index in [4.69, 9.17) is 5.11 Å². The van der Waals surface area contributed by atoms with Gasteiger partial charge in [0, 0.05) is 39.8 Å². The summed E-state index contributed by atoms with van der Waals surface area (Å²) in [7, 11) is 3.87. The zero-order valence-corrected chi connectivity index (χ0v) is 10.3. The fourth-order valence-electron chi connectivity index (χ4n) is 2.03. The minimum Gasteiger partial charge on any atom is -0.475 e. The number of hydrogen-bond acceptors (Lipinski definition) is 4. The van der Waals surface area contributed by atoms with Crippen LogP contribution >= 0.6 is 0 Å². The highest BCUT2D eigenvalue weighted by Gasteiger charge is 2.18. The molecule has 1 aliphatic rings. The van der Waals surface area contributed by atoms with Gasteiger partial charge in [0.25, 0.3) is 0 Å². The Morgan fingerprint density at radius 3 is 2.53 bits per heavy atom. The maximum Gasteiger partial charge on any atom is 0.372 e. The van der Waals surface area contributed by atoms with E-state index in [2.05, 4.69) is 21.8 Å². The summed E-state index contributed by atoms with van der Waals surface area (Å²) in [6.07, 6.45) is 1.65. The van der Waals surface area contributed by atoms with Gasteiger partial charge < -0.3 is 14.6 Å². The van der Waals surface area contributed by atoms with E-state index >= 15 is 0 Å². The van der Waals surface area contributed by atoms with E-state index in [9.17, 15) is 4.79 Å². The van der Waals surface area contributed by atoms with Crippen molar-refractivity contribution in [2.75, 3.05) is 33.2 Å². The molecule has 94 valence electrons. The first kappa shape index (κ1) is 12.1. The Bertz CT molecular complexity index is 408. The highest BCUT2D eigenvalue weighted by molar-refractivity contribution is 5.83. The standard InChI is InChI=1S/C11H18N4O2/c1-13-3-5-15(6-4-13)8-9-7-12-10(11(16)17)14(9)2/h7H,3-6,8H2,1-2H3,(H,16,17). The van der Waals surface area contributed by atoms with Gasteiger partial charge in [-0.05, 0) is 7.05 Å². The van der Waals surface area contributed by atoms with Crippen LogP contribution in [0.4, 0.5) is 0 Å². The Kier molecular flexibility index (Phi) is 3.44. The van der Waals surface area contributed by atoms with Crippen LogP contribution in [0, 0.1) is 0 Å². The van der Waals surface area contributed by atoms with Gasteiger partial charge in [-0.1, -0.05) is 0 Å². The average Bonchev–Trinajstić information content (AvgIpc) is 2.64. The predicted octanol–water partition coefficient (Wildman–Crippen LogP) is -0.134. The smallest absolute Gasteiger partial charge is 0.372 e. The first-order chi connectivity index (χ1) is 8.08. The van der Waals surface area contributed by atoms with E-state index in [1.54, 1.807) is 17.8 Å². The van der Waals surface area contributed by atoms with Gasteiger partial charge in [-0.15, -0.1) is 0 Å². The van der Waals surface area contributed by atoms with Crippen LogP contribution < -0.4 is 0 Å². The maximum absolute atomic E-state index is 10.9. The molecular formula is C11H18N4O2. The van der Waals surface area contributed by atoms with Crippen LogP contribution in [0.1, 0.15) is 16.3 Å². The highest BCUT2D eigenvalue weighted by Crippen LogP contribution is 2.09. The van der Waals surface area contributed by atoms with Crippen molar-refractivity contribution in [2.24, 2.45) is 7.05 Å². The van der Waals surface area contributed by atoms with Gasteiger partial charge in [-0.2, -0.15) is 0 Å². The summed E-state index contributed by atoms with van der Waals surface area (Å²) in [5.74, 6) is -0.869. The van der Waals surface area contributed by atoms with Gasteiger partial charge in [-0.3, -0.25) is 4.90 Å². The number of piperazine rings is 1. The molecule has 0 radical (unpaired) electrons. The number of nitrogens with zero attached hydrogens (tertiary/aromatic N) is 4. The zero-order valence-electron chi connectivity index (χ0n) is 10.3. The van der Waals surface area contributed by atoms with Crippen LogP contribution in [-0.2, 0) is 13.6 Å². The summed E-state index contributed by atoms with van der Waals surface area (Å²) in [4.78, 5) is 19.4. The van der Waals surface area contributed by atoms with Gasteiger partial charge >= 0.3 is 5.97 Å². The van der Waals surface area contributed by atoms with Crippen LogP contribution in [0.5, 0.6) is 0 Å². The zero-order chi connectivity index (χ0) is 12.4. The third-order valence-electron chi connectivity index (χ3n) is 3.26. The minimum atomic E-state index is -0.975. The van der Waals surface area contributed by atoms with Gasteiger partial charge in [0.05, 0.1) is 11.9 Å². The van der Waals surface area contributed by atoms with Gasteiger partial charge in [-0.25, -0.2) is 9.78 Å². The summed E-state index contributed by atoms with van der Waals surface area (Å²) < 4.78 is 1.65. The molecule has 2 rings (SSSR count). The van der Waals surface area contributed by atoms with Crippen molar-refractivity contribution in [3.63, 3.8) is 0 Å². The summed E-state index contributed by atoms with van der Waals surface area (Å²) in [5, 5.41) is 8.92. The number of hydrogen-bond donors (Lipinski definition) is 1. The number of carboxylic acids is 1. The lowest BCUT2D eigenvalue weighted by molar-refractivity contribution is 0.0679. The summed E-state index contributed by atoms with van der Waals surface area (Å²) in [6.45, 7) is 4.92. The largest absolute Gasteiger partial charge is 0.475 e. The SMILES string of the molecule is CN1CCN(Cc2cnc(C(=O)O)n2C)CC1. The molecule has 0 aliphatic carbocycles. The molecule has 1 aliphatic heterocycles. The van der Waals surface area contributed by atoms with Crippen LogP contribution in [0.2, 0.25) is 0 Å². The molecule has 1 aromatic heterocycles. The monoisotopic (exact) mass is 238 g/mol. The van der Waals surface area contributed by atoms with Crippen molar-refractivity contribution in [3.05, 3.63) is 17.7 Å². The van der Waals surface area contributed by atoms with Crippen molar-refractivity contribution in [1.29, 1.82) is 0 Å². The van der Waals surface area contributed by atoms with E-state index in [-0.39, 0.29) is 5.82 Å². The lowest BCUT2D eigenvalue weighted by Gasteiger charge is -2.32. The Balaban J connectivity index is 2.01.